The van der Waals surface area contributed by atoms with Gasteiger partial charge in [-0.25, -0.2) is 9.78 Å². The molecule has 1 saturated heterocycles. The molecule has 0 unspecified atom stereocenters. The fourth-order valence-electron chi connectivity index (χ4n) is 2.85. The number of likely N-dealkylation sites (tertiary alicyclic amines) is 1. The van der Waals surface area contributed by atoms with E-state index in [1.807, 2.05) is 0 Å². The maximum atomic E-state index is 12.5. The van der Waals surface area contributed by atoms with Crippen molar-refractivity contribution in [1.82, 2.24) is 20.0 Å². The Kier molecular flexibility index (Phi) is 4.40. The molecule has 122 valence electrons. The molecule has 23 heavy (non-hydrogen) atoms. The molecule has 1 atom stereocenters. The van der Waals surface area contributed by atoms with Crippen LogP contribution >= 0.6 is 0 Å². The molecule has 3 rings (SSSR count). The lowest BCUT2D eigenvalue weighted by molar-refractivity contribution is -0.132. The minimum atomic E-state index is -0.393. The van der Waals surface area contributed by atoms with Crippen molar-refractivity contribution in [3.05, 3.63) is 40.3 Å². The second-order valence-corrected chi connectivity index (χ2v) is 5.41. The van der Waals surface area contributed by atoms with Crippen LogP contribution in [0.3, 0.4) is 0 Å². The zero-order chi connectivity index (χ0) is 16.2. The van der Waals surface area contributed by atoms with Crippen molar-refractivity contribution in [3.63, 3.8) is 0 Å². The molecule has 8 heteroatoms. The van der Waals surface area contributed by atoms with E-state index in [0.717, 1.165) is 18.5 Å². The lowest BCUT2D eigenvalue weighted by Crippen LogP contribution is -2.32. The van der Waals surface area contributed by atoms with Gasteiger partial charge in [-0.2, -0.15) is 0 Å². The van der Waals surface area contributed by atoms with Gasteiger partial charge in [0.05, 0.1) is 13.2 Å². The molecule has 0 bridgehead atoms. The largest absolute Gasteiger partial charge is 0.479 e. The summed E-state index contributed by atoms with van der Waals surface area (Å²) in [4.78, 5) is 32.0. The van der Waals surface area contributed by atoms with Gasteiger partial charge in [-0.15, -0.1) is 0 Å². The number of nitrogens with zero attached hydrogens (tertiary/aromatic N) is 3. The minimum Gasteiger partial charge on any atom is -0.479 e. The van der Waals surface area contributed by atoms with E-state index < -0.39 is 5.69 Å². The highest BCUT2D eigenvalue weighted by Crippen LogP contribution is 2.30. The van der Waals surface area contributed by atoms with Gasteiger partial charge in [-0.3, -0.25) is 4.79 Å². The van der Waals surface area contributed by atoms with E-state index >= 15 is 0 Å². The second kappa shape index (κ2) is 6.64. The van der Waals surface area contributed by atoms with Gasteiger partial charge in [0.1, 0.15) is 5.76 Å². The first-order chi connectivity index (χ1) is 11.2. The first-order valence-corrected chi connectivity index (χ1v) is 7.51. The fourth-order valence-corrected chi connectivity index (χ4v) is 2.85. The average molecular weight is 318 g/mol. The Bertz CT molecular complexity index is 739. The number of amides is 1. The number of carbonyl (C=O) groups is 1. The molecule has 0 spiro atoms. The second-order valence-electron chi connectivity index (χ2n) is 5.41. The smallest absolute Gasteiger partial charge is 0.345 e. The number of rotatable bonds is 5. The van der Waals surface area contributed by atoms with Crippen molar-refractivity contribution in [2.75, 3.05) is 13.7 Å². The van der Waals surface area contributed by atoms with Gasteiger partial charge in [-0.1, -0.05) is 0 Å². The van der Waals surface area contributed by atoms with Crippen LogP contribution in [0.25, 0.3) is 0 Å². The van der Waals surface area contributed by atoms with Crippen molar-refractivity contribution >= 4 is 5.91 Å². The van der Waals surface area contributed by atoms with Crippen LogP contribution in [0, 0.1) is 0 Å². The van der Waals surface area contributed by atoms with Crippen LogP contribution in [0.1, 0.15) is 36.8 Å². The molecule has 1 aliphatic heterocycles. The van der Waals surface area contributed by atoms with E-state index in [4.69, 9.17) is 9.26 Å². The molecular weight excluding hydrogens is 300 g/mol. The fraction of sp³-hybridized carbons (Fsp3) is 0.467. The normalized spacial score (nSPS) is 17.4. The number of hydrogen-bond donors (Lipinski definition) is 1. The van der Waals surface area contributed by atoms with Gasteiger partial charge in [0.2, 0.25) is 5.91 Å². The minimum absolute atomic E-state index is 0.0283. The highest BCUT2D eigenvalue weighted by molar-refractivity contribution is 5.77. The topological polar surface area (TPSA) is 101 Å². The van der Waals surface area contributed by atoms with Crippen LogP contribution in [-0.2, 0) is 11.2 Å². The number of carbonyl (C=O) groups excluding carboxylic acids is 1. The van der Waals surface area contributed by atoms with Crippen molar-refractivity contribution in [1.29, 1.82) is 0 Å². The zero-order valence-electron chi connectivity index (χ0n) is 12.8. The molecule has 0 aliphatic carbocycles. The molecule has 0 aromatic carbocycles. The maximum Gasteiger partial charge on any atom is 0.345 e. The Morgan fingerprint density at radius 3 is 3.17 bits per heavy atom. The van der Waals surface area contributed by atoms with E-state index in [9.17, 15) is 9.59 Å². The molecule has 2 aromatic rings. The third-order valence-corrected chi connectivity index (χ3v) is 3.96. The summed E-state index contributed by atoms with van der Waals surface area (Å²) >= 11 is 0. The van der Waals surface area contributed by atoms with Crippen molar-refractivity contribution in [2.45, 2.75) is 31.7 Å². The quantitative estimate of drug-likeness (QED) is 0.884. The summed E-state index contributed by atoms with van der Waals surface area (Å²) < 4.78 is 10.0. The van der Waals surface area contributed by atoms with Crippen LogP contribution in [0.2, 0.25) is 0 Å². The van der Waals surface area contributed by atoms with Crippen molar-refractivity contribution < 1.29 is 14.1 Å². The Labute approximate surface area is 132 Å². The predicted octanol–water partition coefficient (Wildman–Crippen LogP) is 1.06. The van der Waals surface area contributed by atoms with E-state index in [2.05, 4.69) is 15.1 Å². The Balaban J connectivity index is 1.65. The molecule has 1 aliphatic rings. The number of ether oxygens (including phenoxy) is 1. The molecule has 2 aromatic heterocycles. The van der Waals surface area contributed by atoms with E-state index in [1.54, 1.807) is 17.0 Å². The summed E-state index contributed by atoms with van der Waals surface area (Å²) in [5.41, 5.74) is 0.340. The number of methoxy groups -OCH3 is 1. The van der Waals surface area contributed by atoms with Crippen molar-refractivity contribution in [3.8, 4) is 5.88 Å². The number of aromatic nitrogens is 3. The average Bonchev–Trinajstić information content (AvgIpc) is 3.21. The Morgan fingerprint density at radius 2 is 2.43 bits per heavy atom. The molecule has 8 nitrogen and oxygen atoms in total. The van der Waals surface area contributed by atoms with Gasteiger partial charge in [-0.05, 0) is 24.1 Å². The molecule has 3 heterocycles. The summed E-state index contributed by atoms with van der Waals surface area (Å²) in [5, 5.41) is 3.71. The molecule has 0 radical (unpaired) electrons. The molecule has 1 N–H and O–H groups in total. The molecule has 1 amide bonds. The number of hydrogen-bond acceptors (Lipinski definition) is 6. The van der Waals surface area contributed by atoms with Crippen LogP contribution in [0.15, 0.2) is 27.6 Å². The van der Waals surface area contributed by atoms with Gasteiger partial charge in [0.25, 0.3) is 5.88 Å². The number of aromatic amines is 1. The van der Waals surface area contributed by atoms with E-state index in [0.29, 0.717) is 31.0 Å². The van der Waals surface area contributed by atoms with Gasteiger partial charge >= 0.3 is 5.69 Å². The third kappa shape index (κ3) is 3.41. The highest BCUT2D eigenvalue weighted by atomic mass is 16.5. The third-order valence-electron chi connectivity index (χ3n) is 3.96. The molecule has 0 saturated carbocycles. The maximum absolute atomic E-state index is 12.5. The van der Waals surface area contributed by atoms with Crippen LogP contribution in [-0.4, -0.2) is 39.6 Å². The van der Waals surface area contributed by atoms with E-state index in [-0.39, 0.29) is 11.9 Å². The Hall–Kier alpha value is -2.64. The summed E-state index contributed by atoms with van der Waals surface area (Å²) in [6.45, 7) is 0.688. The summed E-state index contributed by atoms with van der Waals surface area (Å²) in [5.74, 6) is 1.05. The van der Waals surface area contributed by atoms with Crippen LogP contribution in [0.5, 0.6) is 5.88 Å². The van der Waals surface area contributed by atoms with Crippen LogP contribution in [0.4, 0.5) is 0 Å². The first kappa shape index (κ1) is 15.3. The number of aryl methyl sites for hydroxylation is 1. The summed E-state index contributed by atoms with van der Waals surface area (Å²) in [6.07, 6.45) is 4.00. The standard InChI is InChI=1S/C15H18N4O4/c1-22-13-9-10(23-18-13)4-5-14(20)19-8-2-3-12(19)11-6-7-16-15(21)17-11/h6-7,9,12H,2-5,8H2,1H3,(H,16,17,21)/t12-/m1/s1. The monoisotopic (exact) mass is 318 g/mol. The SMILES string of the molecule is COc1cc(CCC(=O)N2CCC[C@@H]2c2ccnc(=O)[nH]2)on1. The Morgan fingerprint density at radius 1 is 1.57 bits per heavy atom. The first-order valence-electron chi connectivity index (χ1n) is 7.51. The summed E-state index contributed by atoms with van der Waals surface area (Å²) in [7, 11) is 1.51. The lowest BCUT2D eigenvalue weighted by atomic mass is 10.1. The summed E-state index contributed by atoms with van der Waals surface area (Å²) in [6, 6.07) is 3.33. The molecule has 1 fully saturated rings. The van der Waals surface area contributed by atoms with Gasteiger partial charge < -0.3 is 19.1 Å². The number of nitrogens with one attached hydrogen (secondary N) is 1. The number of H-pyrrole nitrogens is 1. The highest BCUT2D eigenvalue weighted by Gasteiger charge is 2.30. The van der Waals surface area contributed by atoms with Gasteiger partial charge in [0, 0.05) is 37.3 Å². The van der Waals surface area contributed by atoms with Gasteiger partial charge in [0.15, 0.2) is 0 Å². The predicted molar refractivity (Wildman–Crippen MR) is 79.9 cm³/mol. The molecular formula is C15H18N4O4. The lowest BCUT2D eigenvalue weighted by Gasteiger charge is -2.24. The van der Waals surface area contributed by atoms with Crippen LogP contribution < -0.4 is 10.4 Å². The zero-order valence-corrected chi connectivity index (χ0v) is 12.8. The van der Waals surface area contributed by atoms with Crippen molar-refractivity contribution in [2.24, 2.45) is 0 Å². The van der Waals surface area contributed by atoms with E-state index in [1.165, 1.54) is 13.3 Å².